The van der Waals surface area contributed by atoms with Crippen molar-refractivity contribution in [2.75, 3.05) is 13.1 Å². The van der Waals surface area contributed by atoms with E-state index in [1.807, 2.05) is 0 Å². The van der Waals surface area contributed by atoms with Crippen molar-refractivity contribution in [3.05, 3.63) is 35.4 Å². The third-order valence-corrected chi connectivity index (χ3v) is 3.67. The zero-order chi connectivity index (χ0) is 16.5. The number of aliphatic carboxylic acids is 1. The van der Waals surface area contributed by atoms with Crippen molar-refractivity contribution in [1.29, 1.82) is 0 Å². The molecule has 2 rings (SSSR count). The van der Waals surface area contributed by atoms with E-state index >= 15 is 0 Å². The summed E-state index contributed by atoms with van der Waals surface area (Å²) in [5.41, 5.74) is -3.51. The summed E-state index contributed by atoms with van der Waals surface area (Å²) in [7, 11) is 0. The molecule has 0 fully saturated rings. The number of alkyl halides is 3. The molecule has 1 atom stereocenters. The molecule has 1 aliphatic rings. The molecule has 0 radical (unpaired) electrons. The minimum Gasteiger partial charge on any atom is -0.478 e. The van der Waals surface area contributed by atoms with Crippen molar-refractivity contribution in [2.45, 2.75) is 25.7 Å². The minimum atomic E-state index is -4.91. The first-order valence-electron chi connectivity index (χ1n) is 6.83. The summed E-state index contributed by atoms with van der Waals surface area (Å²) in [5, 5.41) is 9.33. The number of nitrogens with zero attached hydrogens (tertiary/aromatic N) is 1. The fourth-order valence-corrected chi connectivity index (χ4v) is 2.66. The Kier molecular flexibility index (Phi) is 4.19. The second-order valence-corrected chi connectivity index (χ2v) is 4.82. The van der Waals surface area contributed by atoms with Crippen LogP contribution in [0.2, 0.25) is 0 Å². The monoisotopic (exact) mass is 315 g/mol. The number of halogens is 3. The minimum absolute atomic E-state index is 0.0109. The highest BCUT2D eigenvalue weighted by Crippen LogP contribution is 2.47. The molecule has 22 heavy (non-hydrogen) atoms. The van der Waals surface area contributed by atoms with Crippen LogP contribution in [-0.2, 0) is 4.79 Å². The van der Waals surface area contributed by atoms with Crippen LogP contribution in [0.15, 0.2) is 29.8 Å². The zero-order valence-corrected chi connectivity index (χ0v) is 12.1. The average Bonchev–Trinajstić information content (AvgIpc) is 2.46. The molecule has 4 nitrogen and oxygen atoms in total. The van der Waals surface area contributed by atoms with Crippen molar-refractivity contribution in [2.24, 2.45) is 0 Å². The summed E-state index contributed by atoms with van der Waals surface area (Å²) in [5.74, 6) is -1.64. The molecule has 0 spiro atoms. The van der Waals surface area contributed by atoms with Crippen molar-refractivity contribution >= 4 is 12.0 Å². The molecule has 1 aromatic rings. The van der Waals surface area contributed by atoms with Crippen molar-refractivity contribution in [1.82, 2.24) is 4.90 Å². The number of hydrogen-bond donors (Lipinski definition) is 1. The van der Waals surface area contributed by atoms with Crippen LogP contribution in [0.5, 0.6) is 5.75 Å². The second-order valence-electron chi connectivity index (χ2n) is 4.82. The lowest BCUT2D eigenvalue weighted by atomic mass is 9.93. The van der Waals surface area contributed by atoms with E-state index in [-0.39, 0.29) is 18.8 Å². The average molecular weight is 315 g/mol. The van der Waals surface area contributed by atoms with E-state index < -0.39 is 23.4 Å². The third-order valence-electron chi connectivity index (χ3n) is 3.67. The van der Waals surface area contributed by atoms with Gasteiger partial charge in [-0.25, -0.2) is 4.79 Å². The summed E-state index contributed by atoms with van der Waals surface area (Å²) >= 11 is 0. The van der Waals surface area contributed by atoms with Gasteiger partial charge in [0.25, 0.3) is 5.72 Å². The van der Waals surface area contributed by atoms with Gasteiger partial charge < -0.3 is 9.84 Å². The lowest BCUT2D eigenvalue weighted by molar-refractivity contribution is -0.285. The van der Waals surface area contributed by atoms with Crippen LogP contribution in [0, 0.1) is 0 Å². The van der Waals surface area contributed by atoms with E-state index in [1.165, 1.54) is 26.0 Å². The summed E-state index contributed by atoms with van der Waals surface area (Å²) in [6.07, 6.45) is -3.87. The van der Waals surface area contributed by atoms with Gasteiger partial charge in [0, 0.05) is 5.56 Å². The van der Waals surface area contributed by atoms with Gasteiger partial charge in [0.1, 0.15) is 11.3 Å². The van der Waals surface area contributed by atoms with Gasteiger partial charge in [0.15, 0.2) is 0 Å². The van der Waals surface area contributed by atoms with Crippen LogP contribution in [0.4, 0.5) is 13.2 Å². The largest absolute Gasteiger partial charge is 0.478 e. The van der Waals surface area contributed by atoms with Gasteiger partial charge in [-0.2, -0.15) is 13.2 Å². The van der Waals surface area contributed by atoms with Gasteiger partial charge >= 0.3 is 12.1 Å². The Bertz CT molecular complexity index is 608. The molecule has 1 heterocycles. The summed E-state index contributed by atoms with van der Waals surface area (Å²) < 4.78 is 46.8. The first-order chi connectivity index (χ1) is 10.3. The molecule has 1 unspecified atom stereocenters. The van der Waals surface area contributed by atoms with E-state index in [0.717, 1.165) is 11.0 Å². The van der Waals surface area contributed by atoms with E-state index in [0.29, 0.717) is 5.56 Å². The van der Waals surface area contributed by atoms with Gasteiger partial charge in [-0.15, -0.1) is 0 Å². The van der Waals surface area contributed by atoms with Crippen LogP contribution in [0.3, 0.4) is 0 Å². The van der Waals surface area contributed by atoms with Gasteiger partial charge in [0.2, 0.25) is 0 Å². The number of fused-ring (bicyclic) bond motifs is 1. The highest BCUT2D eigenvalue weighted by Gasteiger charge is 2.66. The maximum atomic E-state index is 13.9. The maximum absolute atomic E-state index is 13.9. The Hall–Kier alpha value is -2.02. The quantitative estimate of drug-likeness (QED) is 0.927. The smallest absolute Gasteiger partial charge is 0.448 e. The molecule has 0 aromatic heterocycles. The Morgan fingerprint density at radius 3 is 2.36 bits per heavy atom. The molecule has 1 aromatic carbocycles. The number of carboxylic acids is 1. The summed E-state index contributed by atoms with van der Waals surface area (Å²) in [4.78, 5) is 12.4. The van der Waals surface area contributed by atoms with Gasteiger partial charge in [-0.3, -0.25) is 4.90 Å². The van der Waals surface area contributed by atoms with Crippen molar-refractivity contribution < 1.29 is 27.8 Å². The molecule has 0 aliphatic carbocycles. The van der Waals surface area contributed by atoms with E-state index in [2.05, 4.69) is 0 Å². The summed E-state index contributed by atoms with van der Waals surface area (Å²) in [6.45, 7) is 3.03. The number of rotatable bonds is 4. The number of benzene rings is 1. The topological polar surface area (TPSA) is 49.8 Å². The standard InChI is InChI=1S/C15H16F3NO3/c1-3-19(4-2)14(15(16,17)18)11(13(20)21)9-10-7-5-6-8-12(10)22-14/h5-9H,3-4H2,1-2H3,(H,20,21). The zero-order valence-electron chi connectivity index (χ0n) is 12.1. The van der Waals surface area contributed by atoms with Crippen molar-refractivity contribution in [3.8, 4) is 5.75 Å². The number of likely N-dealkylation sites (N-methyl/N-ethyl adjacent to an activating group) is 1. The number of para-hydroxylation sites is 1. The predicted molar refractivity (Wildman–Crippen MR) is 74.4 cm³/mol. The number of carbonyl (C=O) groups is 1. The molecular formula is C15H16F3NO3. The third kappa shape index (κ3) is 2.35. The Morgan fingerprint density at radius 1 is 1.27 bits per heavy atom. The van der Waals surface area contributed by atoms with Crippen LogP contribution < -0.4 is 4.74 Å². The van der Waals surface area contributed by atoms with Gasteiger partial charge in [-0.1, -0.05) is 32.0 Å². The molecule has 7 heteroatoms. The Morgan fingerprint density at radius 2 is 1.86 bits per heavy atom. The lowest BCUT2D eigenvalue weighted by Crippen LogP contribution is -2.65. The molecule has 0 saturated carbocycles. The van der Waals surface area contributed by atoms with E-state index in [4.69, 9.17) is 4.74 Å². The molecule has 0 saturated heterocycles. The number of ether oxygens (including phenoxy) is 1. The molecule has 0 amide bonds. The molecule has 1 aliphatic heterocycles. The fourth-order valence-electron chi connectivity index (χ4n) is 2.66. The van der Waals surface area contributed by atoms with Crippen LogP contribution in [-0.4, -0.2) is 41.0 Å². The normalized spacial score (nSPS) is 21.1. The van der Waals surface area contributed by atoms with Gasteiger partial charge in [-0.05, 0) is 25.2 Å². The molecule has 120 valence electrons. The maximum Gasteiger partial charge on any atom is 0.448 e. The highest BCUT2D eigenvalue weighted by atomic mass is 19.4. The van der Waals surface area contributed by atoms with Crippen LogP contribution in [0.25, 0.3) is 6.08 Å². The Balaban J connectivity index is 2.75. The van der Waals surface area contributed by atoms with Crippen LogP contribution in [0.1, 0.15) is 19.4 Å². The highest BCUT2D eigenvalue weighted by molar-refractivity contribution is 5.96. The number of carboxylic acid groups (broad SMARTS) is 1. The first kappa shape index (κ1) is 16.4. The van der Waals surface area contributed by atoms with Gasteiger partial charge in [0.05, 0.1) is 0 Å². The molecule has 0 bridgehead atoms. The van der Waals surface area contributed by atoms with Crippen molar-refractivity contribution in [3.63, 3.8) is 0 Å². The predicted octanol–water partition coefficient (Wildman–Crippen LogP) is 3.15. The fraction of sp³-hybridized carbons (Fsp3) is 0.400. The number of hydrogen-bond acceptors (Lipinski definition) is 3. The summed E-state index contributed by atoms with van der Waals surface area (Å²) in [6, 6.07) is 6.06. The molecule has 1 N–H and O–H groups in total. The van der Waals surface area contributed by atoms with Crippen LogP contribution >= 0.6 is 0 Å². The van der Waals surface area contributed by atoms with E-state index in [9.17, 15) is 23.1 Å². The van der Waals surface area contributed by atoms with E-state index in [1.54, 1.807) is 12.1 Å². The molecular weight excluding hydrogens is 299 g/mol. The first-order valence-corrected chi connectivity index (χ1v) is 6.83. The SMILES string of the molecule is CCN(CC)C1(C(F)(F)F)Oc2ccccc2C=C1C(=O)O. The Labute approximate surface area is 125 Å². The lowest BCUT2D eigenvalue weighted by Gasteiger charge is -2.45. The second kappa shape index (κ2) is 5.64.